The van der Waals surface area contributed by atoms with E-state index < -0.39 is 0 Å². The number of anilines is 1. The predicted octanol–water partition coefficient (Wildman–Crippen LogP) is 2.57. The third-order valence-electron chi connectivity index (χ3n) is 3.37. The molecule has 0 radical (unpaired) electrons. The smallest absolute Gasteiger partial charge is 0.128 e. The van der Waals surface area contributed by atoms with Crippen LogP contribution in [0.3, 0.4) is 0 Å². The summed E-state index contributed by atoms with van der Waals surface area (Å²) in [5.74, 6) is 1.15. The van der Waals surface area contributed by atoms with Crippen LogP contribution in [0.4, 0.5) is 5.82 Å². The molecule has 0 aliphatic carbocycles. The zero-order valence-electron chi connectivity index (χ0n) is 10.8. The predicted molar refractivity (Wildman–Crippen MR) is 72.3 cm³/mol. The lowest BCUT2D eigenvalue weighted by Gasteiger charge is -2.26. The highest BCUT2D eigenvalue weighted by molar-refractivity contribution is 5.40. The van der Waals surface area contributed by atoms with Gasteiger partial charge in [-0.2, -0.15) is 0 Å². The molecule has 3 heteroatoms. The van der Waals surface area contributed by atoms with Gasteiger partial charge in [0.25, 0.3) is 0 Å². The number of aromatic nitrogens is 1. The quantitative estimate of drug-likeness (QED) is 0.869. The summed E-state index contributed by atoms with van der Waals surface area (Å²) >= 11 is 0. The molecule has 2 rings (SSSR count). The van der Waals surface area contributed by atoms with Gasteiger partial charge in [0.2, 0.25) is 0 Å². The van der Waals surface area contributed by atoms with Gasteiger partial charge in [0.1, 0.15) is 5.82 Å². The number of pyridine rings is 1. The highest BCUT2D eigenvalue weighted by Crippen LogP contribution is 2.17. The van der Waals surface area contributed by atoms with Gasteiger partial charge in [-0.25, -0.2) is 4.98 Å². The Morgan fingerprint density at radius 2 is 1.88 bits per heavy atom. The normalized spacial score (nSPS) is 17.6. The topological polar surface area (TPSA) is 28.2 Å². The molecule has 1 fully saturated rings. The molecule has 1 aliphatic heterocycles. The number of nitrogens with one attached hydrogen (secondary N) is 1. The average molecular weight is 233 g/mol. The van der Waals surface area contributed by atoms with Gasteiger partial charge in [-0.05, 0) is 37.6 Å². The zero-order valence-corrected chi connectivity index (χ0v) is 10.8. The van der Waals surface area contributed by atoms with Gasteiger partial charge in [-0.15, -0.1) is 0 Å². The number of rotatable bonds is 3. The van der Waals surface area contributed by atoms with Gasteiger partial charge in [-0.1, -0.05) is 19.3 Å². The molecule has 0 spiro atoms. The minimum Gasteiger partial charge on any atom is -0.357 e. The highest BCUT2D eigenvalue weighted by Gasteiger charge is 2.10. The lowest BCUT2D eigenvalue weighted by Crippen LogP contribution is -2.28. The molecular weight excluding hydrogens is 210 g/mol. The Bertz CT molecular complexity index is 330. The van der Waals surface area contributed by atoms with Crippen LogP contribution in [0.2, 0.25) is 0 Å². The first-order valence-electron chi connectivity index (χ1n) is 6.74. The third kappa shape index (κ3) is 3.70. The summed E-state index contributed by atoms with van der Waals surface area (Å²) in [6, 6.07) is 4.31. The summed E-state index contributed by atoms with van der Waals surface area (Å²) in [6.07, 6.45) is 8.68. The van der Waals surface area contributed by atoms with E-state index in [4.69, 9.17) is 0 Å². The second-order valence-electron chi connectivity index (χ2n) is 4.81. The van der Waals surface area contributed by atoms with E-state index in [1.54, 1.807) is 0 Å². The molecule has 1 aromatic rings. The summed E-state index contributed by atoms with van der Waals surface area (Å²) in [5.41, 5.74) is 1.32. The largest absolute Gasteiger partial charge is 0.357 e. The van der Waals surface area contributed by atoms with E-state index in [-0.39, 0.29) is 0 Å². The summed E-state index contributed by atoms with van der Waals surface area (Å²) < 4.78 is 0. The van der Waals surface area contributed by atoms with Crippen molar-refractivity contribution in [1.82, 2.24) is 10.3 Å². The van der Waals surface area contributed by atoms with Crippen molar-refractivity contribution in [3.63, 3.8) is 0 Å². The lowest BCUT2D eigenvalue weighted by molar-refractivity contribution is 0.553. The Kier molecular flexibility index (Phi) is 4.80. The van der Waals surface area contributed by atoms with Gasteiger partial charge < -0.3 is 10.2 Å². The van der Waals surface area contributed by atoms with Crippen LogP contribution in [0.5, 0.6) is 0 Å². The van der Waals surface area contributed by atoms with E-state index in [1.165, 1.54) is 37.7 Å². The number of hydrogen-bond donors (Lipinski definition) is 1. The van der Waals surface area contributed by atoms with Crippen LogP contribution in [0.15, 0.2) is 18.3 Å². The van der Waals surface area contributed by atoms with Gasteiger partial charge in [0, 0.05) is 25.8 Å². The van der Waals surface area contributed by atoms with Crippen LogP contribution in [-0.2, 0) is 6.54 Å². The molecule has 1 N–H and O–H groups in total. The maximum absolute atomic E-state index is 4.52. The van der Waals surface area contributed by atoms with Crippen LogP contribution in [-0.4, -0.2) is 25.1 Å². The maximum atomic E-state index is 4.52. The molecule has 0 unspecified atom stereocenters. The fraction of sp³-hybridized carbons (Fsp3) is 0.643. The third-order valence-corrected chi connectivity index (χ3v) is 3.37. The zero-order chi connectivity index (χ0) is 11.9. The van der Waals surface area contributed by atoms with E-state index >= 15 is 0 Å². The van der Waals surface area contributed by atoms with Crippen LogP contribution in [0.25, 0.3) is 0 Å². The molecule has 94 valence electrons. The fourth-order valence-corrected chi connectivity index (χ4v) is 2.42. The van der Waals surface area contributed by atoms with Crippen molar-refractivity contribution in [2.45, 2.75) is 38.6 Å². The molecule has 0 bridgehead atoms. The van der Waals surface area contributed by atoms with Gasteiger partial charge >= 0.3 is 0 Å². The molecule has 0 atom stereocenters. The van der Waals surface area contributed by atoms with Crippen molar-refractivity contribution in [2.24, 2.45) is 0 Å². The van der Waals surface area contributed by atoms with Crippen LogP contribution >= 0.6 is 0 Å². The molecule has 0 saturated carbocycles. The molecule has 1 aromatic heterocycles. The number of hydrogen-bond acceptors (Lipinski definition) is 3. The monoisotopic (exact) mass is 233 g/mol. The second kappa shape index (κ2) is 6.60. The first kappa shape index (κ1) is 12.4. The van der Waals surface area contributed by atoms with Crippen LogP contribution in [0, 0.1) is 0 Å². The molecule has 0 aromatic carbocycles. The van der Waals surface area contributed by atoms with Gasteiger partial charge in [0.05, 0.1) is 0 Å². The van der Waals surface area contributed by atoms with Crippen molar-refractivity contribution in [2.75, 3.05) is 25.0 Å². The van der Waals surface area contributed by atoms with Crippen molar-refractivity contribution in [3.8, 4) is 0 Å². The Labute approximate surface area is 104 Å². The van der Waals surface area contributed by atoms with E-state index in [2.05, 4.69) is 27.3 Å². The fourth-order valence-electron chi connectivity index (χ4n) is 2.42. The summed E-state index contributed by atoms with van der Waals surface area (Å²) in [7, 11) is 1.98. The Morgan fingerprint density at radius 1 is 1.18 bits per heavy atom. The molecule has 17 heavy (non-hydrogen) atoms. The molecular formula is C14H23N3. The van der Waals surface area contributed by atoms with Crippen LogP contribution < -0.4 is 10.2 Å². The van der Waals surface area contributed by atoms with E-state index in [1.807, 2.05) is 13.2 Å². The van der Waals surface area contributed by atoms with E-state index in [9.17, 15) is 0 Å². The molecule has 0 amide bonds. The van der Waals surface area contributed by atoms with Crippen molar-refractivity contribution in [3.05, 3.63) is 23.9 Å². The number of nitrogens with zero attached hydrogens (tertiary/aromatic N) is 2. The van der Waals surface area contributed by atoms with Gasteiger partial charge in [0.15, 0.2) is 0 Å². The summed E-state index contributed by atoms with van der Waals surface area (Å²) in [4.78, 5) is 6.96. The molecule has 1 aliphatic rings. The summed E-state index contributed by atoms with van der Waals surface area (Å²) in [6.45, 7) is 3.25. The summed E-state index contributed by atoms with van der Waals surface area (Å²) in [5, 5.41) is 3.19. The molecule has 2 heterocycles. The van der Waals surface area contributed by atoms with Crippen molar-refractivity contribution in [1.29, 1.82) is 0 Å². The van der Waals surface area contributed by atoms with Crippen molar-refractivity contribution >= 4 is 5.82 Å². The Hall–Kier alpha value is -1.09. The van der Waals surface area contributed by atoms with Crippen molar-refractivity contribution < 1.29 is 0 Å². The first-order valence-corrected chi connectivity index (χ1v) is 6.74. The Balaban J connectivity index is 2.05. The maximum Gasteiger partial charge on any atom is 0.128 e. The standard InChI is InChI=1S/C14H23N3/c1-15-12-13-7-8-16-14(11-13)17-9-5-3-2-4-6-10-17/h7-8,11,15H,2-6,9-10,12H2,1H3. The minimum absolute atomic E-state index is 0.920. The minimum atomic E-state index is 0.920. The molecule has 1 saturated heterocycles. The SMILES string of the molecule is CNCc1ccnc(N2CCCCCCC2)c1. The highest BCUT2D eigenvalue weighted by atomic mass is 15.2. The Morgan fingerprint density at radius 3 is 2.59 bits per heavy atom. The molecule has 3 nitrogen and oxygen atoms in total. The van der Waals surface area contributed by atoms with Crippen LogP contribution in [0.1, 0.15) is 37.7 Å². The van der Waals surface area contributed by atoms with Gasteiger partial charge in [-0.3, -0.25) is 0 Å². The second-order valence-corrected chi connectivity index (χ2v) is 4.81. The van der Waals surface area contributed by atoms with E-state index in [0.717, 1.165) is 25.5 Å². The average Bonchev–Trinajstić information content (AvgIpc) is 2.29. The lowest BCUT2D eigenvalue weighted by atomic mass is 10.1. The van der Waals surface area contributed by atoms with E-state index in [0.29, 0.717) is 0 Å². The first-order chi connectivity index (χ1) is 8.40.